The van der Waals surface area contributed by atoms with Crippen LogP contribution in [0.2, 0.25) is 0 Å². The number of amides is 1. The number of hydrogen-bond donors (Lipinski definition) is 0. The normalized spacial score (nSPS) is 15.2. The molecule has 0 atom stereocenters. The molecule has 0 fully saturated rings. The van der Waals surface area contributed by atoms with Crippen molar-refractivity contribution >= 4 is 22.6 Å². The van der Waals surface area contributed by atoms with Crippen LogP contribution in [0.1, 0.15) is 33.7 Å². The van der Waals surface area contributed by atoms with Crippen LogP contribution in [-0.2, 0) is 7.05 Å². The second kappa shape index (κ2) is 5.20. The Morgan fingerprint density at radius 1 is 1.29 bits per heavy atom. The lowest BCUT2D eigenvalue weighted by Crippen LogP contribution is -2.33. The van der Waals surface area contributed by atoms with E-state index in [1.807, 2.05) is 35.9 Å². The summed E-state index contributed by atoms with van der Waals surface area (Å²) in [7, 11) is 1.85. The first-order valence-corrected chi connectivity index (χ1v) is 7.16. The molecule has 0 radical (unpaired) electrons. The third-order valence-corrected chi connectivity index (χ3v) is 4.09. The van der Waals surface area contributed by atoms with Gasteiger partial charge in [0.15, 0.2) is 5.78 Å². The zero-order chi connectivity index (χ0) is 15.0. The molecule has 108 valence electrons. The van der Waals surface area contributed by atoms with Gasteiger partial charge in [0.1, 0.15) is 5.69 Å². The van der Waals surface area contributed by atoms with Crippen LogP contribution in [0.5, 0.6) is 0 Å². The van der Waals surface area contributed by atoms with Crippen molar-refractivity contribution in [3.05, 3.63) is 48.2 Å². The third kappa shape index (κ3) is 2.07. The highest BCUT2D eigenvalue weighted by Gasteiger charge is 2.31. The summed E-state index contributed by atoms with van der Waals surface area (Å²) in [4.78, 5) is 27.0. The first-order chi connectivity index (χ1) is 10.1. The number of carbonyl (C=O) groups is 2. The molecule has 2 aromatic rings. The highest BCUT2D eigenvalue weighted by molar-refractivity contribution is 6.17. The Morgan fingerprint density at radius 3 is 2.81 bits per heavy atom. The Kier molecular flexibility index (Phi) is 3.37. The molecule has 0 bridgehead atoms. The van der Waals surface area contributed by atoms with E-state index < -0.39 is 0 Å². The summed E-state index contributed by atoms with van der Waals surface area (Å²) in [6.45, 7) is 4.78. The van der Waals surface area contributed by atoms with Crippen molar-refractivity contribution in [1.82, 2.24) is 9.47 Å². The lowest BCUT2D eigenvalue weighted by Gasteiger charge is -2.20. The first kappa shape index (κ1) is 13.6. The first-order valence-electron chi connectivity index (χ1n) is 7.16. The summed E-state index contributed by atoms with van der Waals surface area (Å²) in [5, 5.41) is 0.874. The number of aryl methyl sites for hydroxylation is 1. The molecule has 0 aliphatic carbocycles. The zero-order valence-corrected chi connectivity index (χ0v) is 12.1. The Bertz CT molecular complexity index is 743. The topological polar surface area (TPSA) is 42.3 Å². The number of hydrogen-bond acceptors (Lipinski definition) is 2. The van der Waals surface area contributed by atoms with Gasteiger partial charge in [0, 0.05) is 37.5 Å². The van der Waals surface area contributed by atoms with Crippen LogP contribution in [-0.4, -0.2) is 34.2 Å². The van der Waals surface area contributed by atoms with Crippen LogP contribution in [0.4, 0.5) is 0 Å². The van der Waals surface area contributed by atoms with E-state index >= 15 is 0 Å². The van der Waals surface area contributed by atoms with Crippen molar-refractivity contribution in [2.75, 3.05) is 13.1 Å². The largest absolute Gasteiger partial charge is 0.339 e. The molecule has 4 heteroatoms. The summed E-state index contributed by atoms with van der Waals surface area (Å²) in [6, 6.07) is 7.68. The summed E-state index contributed by atoms with van der Waals surface area (Å²) >= 11 is 0. The van der Waals surface area contributed by atoms with Crippen molar-refractivity contribution in [2.24, 2.45) is 7.05 Å². The third-order valence-electron chi connectivity index (χ3n) is 4.09. The average Bonchev–Trinajstić information content (AvgIpc) is 2.73. The van der Waals surface area contributed by atoms with Crippen molar-refractivity contribution < 1.29 is 9.59 Å². The molecule has 4 nitrogen and oxygen atoms in total. The molecule has 0 unspecified atom stereocenters. The number of carbonyl (C=O) groups excluding carboxylic acids is 2. The lowest BCUT2D eigenvalue weighted by molar-refractivity contribution is 0.0753. The number of aromatic nitrogens is 1. The minimum Gasteiger partial charge on any atom is -0.339 e. The zero-order valence-electron chi connectivity index (χ0n) is 12.1. The standard InChI is InChI=1S/C17H18N2O2/c1-3-4-10-19-11-9-14(20)15-12-7-5-6-8-13(12)18(2)16(15)17(19)21/h3,5-8H,1,4,9-11H2,2H3. The maximum Gasteiger partial charge on any atom is 0.271 e. The van der Waals surface area contributed by atoms with Crippen LogP contribution in [0.15, 0.2) is 36.9 Å². The van der Waals surface area contributed by atoms with Gasteiger partial charge in [-0.15, -0.1) is 6.58 Å². The van der Waals surface area contributed by atoms with E-state index in [2.05, 4.69) is 6.58 Å². The van der Waals surface area contributed by atoms with E-state index in [4.69, 9.17) is 0 Å². The van der Waals surface area contributed by atoms with E-state index in [-0.39, 0.29) is 11.7 Å². The summed E-state index contributed by atoms with van der Waals surface area (Å²) in [6.07, 6.45) is 2.91. The molecule has 0 N–H and O–H groups in total. The number of ketones is 1. The summed E-state index contributed by atoms with van der Waals surface area (Å²) < 4.78 is 1.84. The number of fused-ring (bicyclic) bond motifs is 3. The Morgan fingerprint density at radius 2 is 2.05 bits per heavy atom. The van der Waals surface area contributed by atoms with Crippen LogP contribution >= 0.6 is 0 Å². The molecule has 1 aromatic carbocycles. The van der Waals surface area contributed by atoms with Crippen molar-refractivity contribution in [3.63, 3.8) is 0 Å². The van der Waals surface area contributed by atoms with E-state index in [0.717, 1.165) is 17.3 Å². The predicted octanol–water partition coefficient (Wildman–Crippen LogP) is 2.78. The number of benzene rings is 1. The fraction of sp³-hybridized carbons (Fsp3) is 0.294. The second-order valence-electron chi connectivity index (χ2n) is 5.34. The molecule has 0 saturated carbocycles. The number of rotatable bonds is 3. The van der Waals surface area contributed by atoms with Gasteiger partial charge in [-0.3, -0.25) is 9.59 Å². The molecule has 2 heterocycles. The van der Waals surface area contributed by atoms with Crippen molar-refractivity contribution in [3.8, 4) is 0 Å². The van der Waals surface area contributed by atoms with Gasteiger partial charge in [0.05, 0.1) is 5.56 Å². The number of para-hydroxylation sites is 1. The minimum atomic E-state index is -0.0589. The number of Topliss-reactive ketones (excluding diaryl/α,β-unsaturated/α-hetero) is 1. The molecule has 1 aliphatic rings. The molecular weight excluding hydrogens is 264 g/mol. The van der Waals surface area contributed by atoms with Crippen LogP contribution in [0, 0.1) is 0 Å². The van der Waals surface area contributed by atoms with E-state index in [9.17, 15) is 9.59 Å². The van der Waals surface area contributed by atoms with Gasteiger partial charge in [0.25, 0.3) is 5.91 Å². The molecule has 21 heavy (non-hydrogen) atoms. The van der Waals surface area contributed by atoms with Crippen molar-refractivity contribution in [1.29, 1.82) is 0 Å². The van der Waals surface area contributed by atoms with Gasteiger partial charge in [0.2, 0.25) is 0 Å². The van der Waals surface area contributed by atoms with Gasteiger partial charge in [-0.2, -0.15) is 0 Å². The Balaban J connectivity index is 2.19. The van der Waals surface area contributed by atoms with E-state index in [1.54, 1.807) is 11.0 Å². The summed E-state index contributed by atoms with van der Waals surface area (Å²) in [5.41, 5.74) is 2.02. The van der Waals surface area contributed by atoms with Crippen LogP contribution in [0.25, 0.3) is 10.9 Å². The lowest BCUT2D eigenvalue weighted by atomic mass is 10.1. The fourth-order valence-electron chi connectivity index (χ4n) is 3.00. The van der Waals surface area contributed by atoms with Gasteiger partial charge in [-0.05, 0) is 12.5 Å². The van der Waals surface area contributed by atoms with Crippen LogP contribution in [0.3, 0.4) is 0 Å². The Labute approximate surface area is 123 Å². The predicted molar refractivity (Wildman–Crippen MR) is 82.6 cm³/mol. The van der Waals surface area contributed by atoms with Gasteiger partial charge in [-0.25, -0.2) is 0 Å². The minimum absolute atomic E-state index is 0.0521. The van der Waals surface area contributed by atoms with Crippen molar-refractivity contribution in [2.45, 2.75) is 12.8 Å². The summed E-state index contributed by atoms with van der Waals surface area (Å²) in [5.74, 6) is -0.00680. The molecule has 1 aromatic heterocycles. The fourth-order valence-corrected chi connectivity index (χ4v) is 3.00. The molecular formula is C17H18N2O2. The number of nitrogens with zero attached hydrogens (tertiary/aromatic N) is 2. The van der Waals surface area contributed by atoms with Gasteiger partial charge in [-0.1, -0.05) is 24.3 Å². The Hall–Kier alpha value is -2.36. The molecule has 1 amide bonds. The smallest absolute Gasteiger partial charge is 0.271 e. The van der Waals surface area contributed by atoms with E-state index in [0.29, 0.717) is 30.8 Å². The maximum absolute atomic E-state index is 12.8. The molecule has 0 saturated heterocycles. The highest BCUT2D eigenvalue weighted by Crippen LogP contribution is 2.29. The van der Waals surface area contributed by atoms with Crippen LogP contribution < -0.4 is 0 Å². The monoisotopic (exact) mass is 282 g/mol. The van der Waals surface area contributed by atoms with Gasteiger partial charge < -0.3 is 9.47 Å². The SMILES string of the molecule is C=CCCN1CCC(=O)c2c(n(C)c3ccccc23)C1=O. The average molecular weight is 282 g/mol. The van der Waals surface area contributed by atoms with Gasteiger partial charge >= 0.3 is 0 Å². The second-order valence-corrected chi connectivity index (χ2v) is 5.34. The molecule has 1 aliphatic heterocycles. The molecule has 3 rings (SSSR count). The quantitative estimate of drug-likeness (QED) is 0.812. The maximum atomic E-state index is 12.8. The van der Waals surface area contributed by atoms with E-state index in [1.165, 1.54) is 0 Å². The molecule has 0 spiro atoms. The highest BCUT2D eigenvalue weighted by atomic mass is 16.2.